The lowest BCUT2D eigenvalue weighted by atomic mass is 9.81. The summed E-state index contributed by atoms with van der Waals surface area (Å²) >= 11 is 0. The fourth-order valence-electron chi connectivity index (χ4n) is 9.12. The zero-order valence-corrected chi connectivity index (χ0v) is 29.7. The van der Waals surface area contributed by atoms with Crippen LogP contribution in [0.25, 0.3) is 88.4 Å². The molecule has 0 spiro atoms. The molecule has 2 nitrogen and oxygen atoms in total. The van der Waals surface area contributed by atoms with Crippen molar-refractivity contribution in [2.24, 2.45) is 0 Å². The lowest BCUT2D eigenvalue weighted by Crippen LogP contribution is -2.14. The van der Waals surface area contributed by atoms with Gasteiger partial charge in [-0.2, -0.15) is 0 Å². The van der Waals surface area contributed by atoms with Crippen LogP contribution in [-0.4, -0.2) is 9.13 Å². The smallest absolute Gasteiger partial charge is 0.0547 e. The highest BCUT2D eigenvalue weighted by Crippen LogP contribution is 2.50. The molecule has 53 heavy (non-hydrogen) atoms. The van der Waals surface area contributed by atoms with Crippen LogP contribution in [0.1, 0.15) is 25.0 Å². The van der Waals surface area contributed by atoms with Crippen LogP contribution in [0.3, 0.4) is 0 Å². The lowest BCUT2D eigenvalue weighted by Gasteiger charge is -2.22. The van der Waals surface area contributed by atoms with E-state index in [2.05, 4.69) is 205 Å². The molecule has 10 aromatic rings. The van der Waals surface area contributed by atoms with Gasteiger partial charge in [-0.25, -0.2) is 0 Å². The van der Waals surface area contributed by atoms with Crippen LogP contribution in [0.4, 0.5) is 0 Å². The third kappa shape index (κ3) is 4.39. The van der Waals surface area contributed by atoms with E-state index >= 15 is 0 Å². The van der Waals surface area contributed by atoms with Crippen molar-refractivity contribution in [3.05, 3.63) is 193 Å². The molecule has 0 unspecified atom stereocenters. The van der Waals surface area contributed by atoms with Gasteiger partial charge in [0, 0.05) is 38.3 Å². The lowest BCUT2D eigenvalue weighted by molar-refractivity contribution is 0.660. The first-order chi connectivity index (χ1) is 26.0. The minimum absolute atomic E-state index is 0.0375. The van der Waals surface area contributed by atoms with Crippen molar-refractivity contribution in [3.8, 4) is 44.8 Å². The van der Waals surface area contributed by atoms with Gasteiger partial charge < -0.3 is 9.13 Å². The number of fused-ring (bicyclic) bond motifs is 9. The van der Waals surface area contributed by atoms with Crippen molar-refractivity contribution < 1.29 is 0 Å². The van der Waals surface area contributed by atoms with Crippen LogP contribution in [0.5, 0.6) is 0 Å². The Kier molecular flexibility index (Phi) is 6.33. The maximum absolute atomic E-state index is 2.43. The molecule has 0 aliphatic heterocycles. The molecule has 2 aromatic heterocycles. The molecule has 8 aromatic carbocycles. The zero-order chi connectivity index (χ0) is 35.3. The van der Waals surface area contributed by atoms with Crippen molar-refractivity contribution in [1.29, 1.82) is 0 Å². The number of rotatable bonds is 4. The highest BCUT2D eigenvalue weighted by atomic mass is 15.0. The molecule has 0 N–H and O–H groups in total. The van der Waals surface area contributed by atoms with E-state index in [1.165, 1.54) is 93.8 Å². The molecule has 0 fully saturated rings. The molecule has 11 rings (SSSR count). The number of hydrogen-bond acceptors (Lipinski definition) is 0. The molecule has 0 saturated heterocycles. The van der Waals surface area contributed by atoms with Crippen LogP contribution in [0.15, 0.2) is 182 Å². The Morgan fingerprint density at radius 1 is 0.321 bits per heavy atom. The SMILES string of the molecule is CC1(C)c2ccccc2-c2ccc(-c3ccc4c(c3)c3ccc(-c5ccc6c7ccccc7n(-c7ccccc7)c6c5)cc3n4-c3ccccc3)cc21. The summed E-state index contributed by atoms with van der Waals surface area (Å²) in [5.41, 5.74) is 17.5. The first-order valence-electron chi connectivity index (χ1n) is 18.5. The van der Waals surface area contributed by atoms with Crippen molar-refractivity contribution in [2.45, 2.75) is 19.3 Å². The van der Waals surface area contributed by atoms with Crippen LogP contribution in [-0.2, 0) is 5.41 Å². The van der Waals surface area contributed by atoms with Gasteiger partial charge in [0.1, 0.15) is 0 Å². The summed E-state index contributed by atoms with van der Waals surface area (Å²) in [6.45, 7) is 4.71. The summed E-state index contributed by atoms with van der Waals surface area (Å²) in [5.74, 6) is 0. The summed E-state index contributed by atoms with van der Waals surface area (Å²) in [4.78, 5) is 0. The first-order valence-corrected chi connectivity index (χ1v) is 18.5. The van der Waals surface area contributed by atoms with Gasteiger partial charge >= 0.3 is 0 Å². The van der Waals surface area contributed by atoms with Gasteiger partial charge in [0.2, 0.25) is 0 Å². The molecule has 0 radical (unpaired) electrons. The number of para-hydroxylation sites is 3. The van der Waals surface area contributed by atoms with Crippen LogP contribution in [0.2, 0.25) is 0 Å². The minimum Gasteiger partial charge on any atom is -0.309 e. The first kappa shape index (κ1) is 30.0. The average molecular weight is 677 g/mol. The second kappa shape index (κ2) is 11.2. The van der Waals surface area contributed by atoms with Gasteiger partial charge in [0.15, 0.2) is 0 Å². The quantitative estimate of drug-likeness (QED) is 0.176. The predicted molar refractivity (Wildman–Crippen MR) is 224 cm³/mol. The van der Waals surface area contributed by atoms with E-state index in [0.29, 0.717) is 0 Å². The molecular weight excluding hydrogens is 641 g/mol. The maximum atomic E-state index is 2.43. The Morgan fingerprint density at radius 3 is 1.49 bits per heavy atom. The highest BCUT2D eigenvalue weighted by Gasteiger charge is 2.35. The second-order valence-electron chi connectivity index (χ2n) is 15.0. The number of nitrogens with zero attached hydrogens (tertiary/aromatic N) is 2. The van der Waals surface area contributed by atoms with Gasteiger partial charge in [-0.1, -0.05) is 135 Å². The second-order valence-corrected chi connectivity index (χ2v) is 15.0. The van der Waals surface area contributed by atoms with E-state index in [4.69, 9.17) is 0 Å². The van der Waals surface area contributed by atoms with Crippen LogP contribution >= 0.6 is 0 Å². The van der Waals surface area contributed by atoms with Crippen molar-refractivity contribution in [3.63, 3.8) is 0 Å². The minimum atomic E-state index is -0.0375. The van der Waals surface area contributed by atoms with Crippen molar-refractivity contribution >= 4 is 43.6 Å². The van der Waals surface area contributed by atoms with Crippen LogP contribution < -0.4 is 0 Å². The Balaban J connectivity index is 1.09. The monoisotopic (exact) mass is 676 g/mol. The molecule has 2 heteroatoms. The normalized spacial score (nSPS) is 13.2. The fraction of sp³-hybridized carbons (Fsp3) is 0.0588. The molecule has 1 aliphatic carbocycles. The van der Waals surface area contributed by atoms with E-state index in [9.17, 15) is 0 Å². The maximum Gasteiger partial charge on any atom is 0.0547 e. The third-order valence-electron chi connectivity index (χ3n) is 11.7. The molecule has 1 aliphatic rings. The number of hydrogen-bond donors (Lipinski definition) is 0. The van der Waals surface area contributed by atoms with E-state index in [0.717, 1.165) is 5.69 Å². The molecule has 2 heterocycles. The Hall–Kier alpha value is -6.64. The zero-order valence-electron chi connectivity index (χ0n) is 29.7. The van der Waals surface area contributed by atoms with E-state index in [1.54, 1.807) is 0 Å². The van der Waals surface area contributed by atoms with E-state index in [1.807, 2.05) is 0 Å². The predicted octanol–water partition coefficient (Wildman–Crippen LogP) is 13.5. The number of aromatic nitrogens is 2. The third-order valence-corrected chi connectivity index (χ3v) is 11.7. The summed E-state index contributed by atoms with van der Waals surface area (Å²) in [6.07, 6.45) is 0. The molecule has 0 saturated carbocycles. The molecule has 0 bridgehead atoms. The van der Waals surface area contributed by atoms with E-state index in [-0.39, 0.29) is 5.41 Å². The molecule has 0 amide bonds. The topological polar surface area (TPSA) is 9.86 Å². The number of benzene rings is 8. The Bertz CT molecular complexity index is 3070. The molecule has 250 valence electrons. The van der Waals surface area contributed by atoms with E-state index < -0.39 is 0 Å². The summed E-state index contributed by atoms with van der Waals surface area (Å²) in [5, 5.41) is 5.04. The highest BCUT2D eigenvalue weighted by molar-refractivity contribution is 6.13. The molecule has 0 atom stereocenters. The van der Waals surface area contributed by atoms with Gasteiger partial charge in [-0.05, 0) is 105 Å². The van der Waals surface area contributed by atoms with Gasteiger partial charge in [0.25, 0.3) is 0 Å². The van der Waals surface area contributed by atoms with Crippen molar-refractivity contribution in [2.75, 3.05) is 0 Å². The standard InChI is InChI=1S/C51H36N2/c1-51(2)45-19-11-9-17-39(45)40-25-21-34(30-46(40)51)33-24-28-48-44(29-33)43-27-23-36(32-50(43)53(48)38-15-7-4-8-16-38)35-22-26-42-41-18-10-12-20-47(41)52(49(42)31-35)37-13-5-3-6-14-37/h3-32H,1-2H3. The van der Waals surface area contributed by atoms with Gasteiger partial charge in [-0.3, -0.25) is 0 Å². The Morgan fingerprint density at radius 2 is 0.792 bits per heavy atom. The van der Waals surface area contributed by atoms with Crippen molar-refractivity contribution in [1.82, 2.24) is 9.13 Å². The molecular formula is C51H36N2. The van der Waals surface area contributed by atoms with Crippen LogP contribution in [0, 0.1) is 0 Å². The summed E-state index contributed by atoms with van der Waals surface area (Å²) in [7, 11) is 0. The fourth-order valence-corrected chi connectivity index (χ4v) is 9.12. The van der Waals surface area contributed by atoms with Gasteiger partial charge in [-0.15, -0.1) is 0 Å². The summed E-state index contributed by atoms with van der Waals surface area (Å²) in [6, 6.07) is 67.1. The van der Waals surface area contributed by atoms with Gasteiger partial charge in [0.05, 0.1) is 22.1 Å². The summed E-state index contributed by atoms with van der Waals surface area (Å²) < 4.78 is 4.83. The largest absolute Gasteiger partial charge is 0.309 e. The Labute approximate surface area is 308 Å². The average Bonchev–Trinajstić information content (AvgIpc) is 3.80.